The van der Waals surface area contributed by atoms with Crippen molar-refractivity contribution in [3.8, 4) is 0 Å². The minimum Gasteiger partial charge on any atom is -0.381 e. The molecule has 1 unspecified atom stereocenters. The van der Waals surface area contributed by atoms with Crippen LogP contribution in [-0.4, -0.2) is 52.5 Å². The average molecular weight is 299 g/mol. The van der Waals surface area contributed by atoms with Crippen LogP contribution in [0.2, 0.25) is 0 Å². The summed E-state index contributed by atoms with van der Waals surface area (Å²) in [5.74, 6) is 1.48. The lowest BCUT2D eigenvalue weighted by Gasteiger charge is -2.19. The molecule has 1 aliphatic heterocycles. The summed E-state index contributed by atoms with van der Waals surface area (Å²) in [6, 6.07) is 0. The van der Waals surface area contributed by atoms with E-state index >= 15 is 0 Å². The van der Waals surface area contributed by atoms with Gasteiger partial charge in [-0.05, 0) is 24.7 Å². The Hall–Kier alpha value is -0.810. The molecule has 1 fully saturated rings. The molecule has 0 saturated carbocycles. The van der Waals surface area contributed by atoms with Crippen LogP contribution >= 0.6 is 0 Å². The summed E-state index contributed by atoms with van der Waals surface area (Å²) in [7, 11) is 1.81. The number of aliphatic imine (C=N–C) groups is 1. The van der Waals surface area contributed by atoms with Crippen LogP contribution in [0, 0.1) is 11.3 Å². The first-order valence-corrected chi connectivity index (χ1v) is 8.11. The Kier molecular flexibility index (Phi) is 8.69. The molecule has 0 bridgehead atoms. The minimum atomic E-state index is 0.351. The zero-order chi connectivity index (χ0) is 15.6. The van der Waals surface area contributed by atoms with E-state index in [-0.39, 0.29) is 0 Å². The summed E-state index contributed by atoms with van der Waals surface area (Å²) in [5.41, 5.74) is 0.351. The number of guanidine groups is 1. The lowest BCUT2D eigenvalue weighted by Crippen LogP contribution is -2.39. The largest absolute Gasteiger partial charge is 0.381 e. The van der Waals surface area contributed by atoms with E-state index in [1.54, 1.807) is 0 Å². The first-order valence-electron chi connectivity index (χ1n) is 8.11. The number of ether oxygens (including phenoxy) is 2. The van der Waals surface area contributed by atoms with Gasteiger partial charge in [0, 0.05) is 39.3 Å². The van der Waals surface area contributed by atoms with E-state index in [4.69, 9.17) is 9.47 Å². The van der Waals surface area contributed by atoms with Gasteiger partial charge in [-0.3, -0.25) is 4.99 Å². The highest BCUT2D eigenvalue weighted by atomic mass is 16.5. The van der Waals surface area contributed by atoms with Gasteiger partial charge < -0.3 is 20.1 Å². The smallest absolute Gasteiger partial charge is 0.190 e. The predicted molar refractivity (Wildman–Crippen MR) is 87.8 cm³/mol. The van der Waals surface area contributed by atoms with Crippen molar-refractivity contribution in [2.75, 3.05) is 46.6 Å². The summed E-state index contributed by atoms with van der Waals surface area (Å²) in [5, 5.41) is 6.66. The van der Waals surface area contributed by atoms with Crippen molar-refractivity contribution in [2.24, 2.45) is 16.3 Å². The molecule has 0 radical (unpaired) electrons. The molecule has 0 spiro atoms. The van der Waals surface area contributed by atoms with E-state index in [9.17, 15) is 0 Å². The van der Waals surface area contributed by atoms with Crippen LogP contribution in [0.3, 0.4) is 0 Å². The Balaban J connectivity index is 1.96. The monoisotopic (exact) mass is 299 g/mol. The molecule has 0 aromatic rings. The van der Waals surface area contributed by atoms with Crippen molar-refractivity contribution >= 4 is 5.96 Å². The lowest BCUT2D eigenvalue weighted by molar-refractivity contribution is 0.0888. The Morgan fingerprint density at radius 2 is 2.05 bits per heavy atom. The van der Waals surface area contributed by atoms with Crippen molar-refractivity contribution in [1.29, 1.82) is 0 Å². The molecule has 1 heterocycles. The number of nitrogens with zero attached hydrogens (tertiary/aromatic N) is 1. The molecular weight excluding hydrogens is 266 g/mol. The zero-order valence-corrected chi connectivity index (χ0v) is 14.2. The number of hydrogen-bond acceptors (Lipinski definition) is 3. The van der Waals surface area contributed by atoms with Crippen molar-refractivity contribution < 1.29 is 9.47 Å². The van der Waals surface area contributed by atoms with E-state index in [0.29, 0.717) is 11.3 Å². The molecule has 1 saturated heterocycles. The zero-order valence-electron chi connectivity index (χ0n) is 14.2. The summed E-state index contributed by atoms with van der Waals surface area (Å²) >= 11 is 0. The van der Waals surface area contributed by atoms with Crippen LogP contribution in [0.5, 0.6) is 0 Å². The molecule has 1 rings (SSSR count). The van der Waals surface area contributed by atoms with Gasteiger partial charge in [-0.1, -0.05) is 20.8 Å². The minimum absolute atomic E-state index is 0.351. The summed E-state index contributed by atoms with van der Waals surface area (Å²) < 4.78 is 11.0. The van der Waals surface area contributed by atoms with E-state index in [0.717, 1.165) is 64.7 Å². The van der Waals surface area contributed by atoms with Crippen LogP contribution in [-0.2, 0) is 9.47 Å². The number of nitrogens with one attached hydrogen (secondary N) is 2. The van der Waals surface area contributed by atoms with Crippen LogP contribution in [0.25, 0.3) is 0 Å². The van der Waals surface area contributed by atoms with Gasteiger partial charge in [0.25, 0.3) is 0 Å². The standard InChI is InChI=1S/C16H33N3O2/c1-16(2,3)7-9-19-15(17-4)18-8-5-10-20-12-14-6-11-21-13-14/h14H,5-13H2,1-4H3,(H2,17,18,19). The molecule has 1 aliphatic rings. The van der Waals surface area contributed by atoms with Gasteiger partial charge in [0.2, 0.25) is 0 Å². The average Bonchev–Trinajstić information content (AvgIpc) is 2.92. The highest BCUT2D eigenvalue weighted by molar-refractivity contribution is 5.79. The van der Waals surface area contributed by atoms with Crippen LogP contribution in [0.1, 0.15) is 40.0 Å². The normalized spacial score (nSPS) is 19.8. The quantitative estimate of drug-likeness (QED) is 0.409. The summed E-state index contributed by atoms with van der Waals surface area (Å²) in [6.07, 6.45) is 3.26. The molecule has 0 amide bonds. The maximum absolute atomic E-state index is 5.68. The van der Waals surface area contributed by atoms with E-state index in [1.807, 2.05) is 7.05 Å². The maximum atomic E-state index is 5.68. The van der Waals surface area contributed by atoms with Gasteiger partial charge in [-0.15, -0.1) is 0 Å². The van der Waals surface area contributed by atoms with Gasteiger partial charge in [0.15, 0.2) is 5.96 Å². The molecule has 124 valence electrons. The molecule has 2 N–H and O–H groups in total. The van der Waals surface area contributed by atoms with Crippen LogP contribution in [0.15, 0.2) is 4.99 Å². The number of hydrogen-bond donors (Lipinski definition) is 2. The highest BCUT2D eigenvalue weighted by Crippen LogP contribution is 2.16. The lowest BCUT2D eigenvalue weighted by atomic mass is 9.92. The molecule has 0 aromatic heterocycles. The Morgan fingerprint density at radius 3 is 2.67 bits per heavy atom. The topological polar surface area (TPSA) is 54.9 Å². The third kappa shape index (κ3) is 9.69. The molecular formula is C16H33N3O2. The molecule has 0 aliphatic carbocycles. The van der Waals surface area contributed by atoms with Crippen LogP contribution in [0.4, 0.5) is 0 Å². The van der Waals surface area contributed by atoms with Crippen molar-refractivity contribution in [2.45, 2.75) is 40.0 Å². The van der Waals surface area contributed by atoms with E-state index in [2.05, 4.69) is 36.4 Å². The fraction of sp³-hybridized carbons (Fsp3) is 0.938. The Labute approximate surface area is 129 Å². The Morgan fingerprint density at radius 1 is 1.29 bits per heavy atom. The number of rotatable bonds is 8. The van der Waals surface area contributed by atoms with Gasteiger partial charge in [0.1, 0.15) is 0 Å². The summed E-state index contributed by atoms with van der Waals surface area (Å²) in [6.45, 7) is 12.0. The highest BCUT2D eigenvalue weighted by Gasteiger charge is 2.15. The van der Waals surface area contributed by atoms with Gasteiger partial charge in [-0.2, -0.15) is 0 Å². The molecule has 5 nitrogen and oxygen atoms in total. The van der Waals surface area contributed by atoms with Gasteiger partial charge >= 0.3 is 0 Å². The van der Waals surface area contributed by atoms with Crippen molar-refractivity contribution in [3.63, 3.8) is 0 Å². The fourth-order valence-electron chi connectivity index (χ4n) is 2.12. The third-order valence-corrected chi connectivity index (χ3v) is 3.53. The first kappa shape index (κ1) is 18.2. The Bertz CT molecular complexity index is 294. The van der Waals surface area contributed by atoms with Crippen LogP contribution < -0.4 is 10.6 Å². The van der Waals surface area contributed by atoms with Gasteiger partial charge in [0.05, 0.1) is 13.2 Å². The third-order valence-electron chi connectivity index (χ3n) is 3.53. The van der Waals surface area contributed by atoms with E-state index in [1.165, 1.54) is 0 Å². The molecule has 21 heavy (non-hydrogen) atoms. The van der Waals surface area contributed by atoms with E-state index < -0.39 is 0 Å². The molecule has 1 atom stereocenters. The predicted octanol–water partition coefficient (Wildman–Crippen LogP) is 2.03. The SMILES string of the molecule is CN=C(NCCCOCC1CCOC1)NCCC(C)(C)C. The van der Waals surface area contributed by atoms with Crippen molar-refractivity contribution in [3.05, 3.63) is 0 Å². The maximum Gasteiger partial charge on any atom is 0.190 e. The van der Waals surface area contributed by atoms with Gasteiger partial charge in [-0.25, -0.2) is 0 Å². The second-order valence-corrected chi connectivity index (χ2v) is 6.89. The second kappa shape index (κ2) is 10.0. The first-order chi connectivity index (χ1) is 10.0. The molecule has 5 heteroatoms. The second-order valence-electron chi connectivity index (χ2n) is 6.89. The molecule has 0 aromatic carbocycles. The summed E-state index contributed by atoms with van der Waals surface area (Å²) in [4.78, 5) is 4.23. The van der Waals surface area contributed by atoms with Crippen molar-refractivity contribution in [1.82, 2.24) is 10.6 Å². The fourth-order valence-corrected chi connectivity index (χ4v) is 2.12.